The van der Waals surface area contributed by atoms with Crippen molar-refractivity contribution in [3.05, 3.63) is 58.0 Å². The summed E-state index contributed by atoms with van der Waals surface area (Å²) in [5.74, 6) is 1.25. The van der Waals surface area contributed by atoms with E-state index in [4.69, 9.17) is 22.1 Å². The summed E-state index contributed by atoms with van der Waals surface area (Å²) in [6.45, 7) is 0.674. The van der Waals surface area contributed by atoms with E-state index in [2.05, 4.69) is 35.0 Å². The number of hydrogen-bond donors (Lipinski definition) is 3. The molecule has 132 valence electrons. The van der Waals surface area contributed by atoms with Crippen molar-refractivity contribution in [2.24, 2.45) is 5.73 Å². The zero-order valence-electron chi connectivity index (χ0n) is 14.0. The van der Waals surface area contributed by atoms with Gasteiger partial charge in [-0.05, 0) is 47.1 Å². The van der Waals surface area contributed by atoms with Gasteiger partial charge in [0.25, 0.3) is 0 Å². The topological polar surface area (TPSA) is 64.3 Å². The van der Waals surface area contributed by atoms with Crippen LogP contribution < -0.4 is 15.8 Å². The van der Waals surface area contributed by atoms with Crippen molar-refractivity contribution in [2.45, 2.75) is 17.9 Å². The fourth-order valence-electron chi connectivity index (χ4n) is 2.82. The number of halogens is 1. The molecule has 0 aliphatic carbocycles. The lowest BCUT2D eigenvalue weighted by Gasteiger charge is -2.17. The van der Waals surface area contributed by atoms with Crippen LogP contribution in [0.4, 0.5) is 5.69 Å². The molecule has 25 heavy (non-hydrogen) atoms. The Balaban J connectivity index is 1.71. The van der Waals surface area contributed by atoms with Crippen LogP contribution in [0.2, 0.25) is 5.02 Å². The Bertz CT molecular complexity index is 823. The largest absolute Gasteiger partial charge is 0.495 e. The Morgan fingerprint density at radius 3 is 2.88 bits per heavy atom. The third kappa shape index (κ3) is 4.11. The number of thiol groups is 1. The normalized spacial score (nSPS) is 16.5. The molecule has 4 nitrogen and oxygen atoms in total. The monoisotopic (exact) mass is 376 g/mol. The van der Waals surface area contributed by atoms with Crippen LogP contribution in [0, 0.1) is 0 Å². The van der Waals surface area contributed by atoms with Gasteiger partial charge in [0, 0.05) is 29.1 Å². The van der Waals surface area contributed by atoms with Crippen LogP contribution in [0.3, 0.4) is 0 Å². The quantitative estimate of drug-likeness (QED) is 0.635. The lowest BCUT2D eigenvalue weighted by Crippen LogP contribution is -2.11. The predicted molar refractivity (Wildman–Crippen MR) is 107 cm³/mol. The molecule has 0 aromatic heterocycles. The molecule has 1 atom stereocenters. The van der Waals surface area contributed by atoms with Crippen LogP contribution >= 0.6 is 22.5 Å². The molecule has 2 aromatic rings. The maximum absolute atomic E-state index is 11.0. The Morgan fingerprint density at radius 1 is 1.32 bits per heavy atom. The second kappa shape index (κ2) is 7.85. The molecular formula is C19H21ClN2O2S. The molecule has 1 amide bonds. The van der Waals surface area contributed by atoms with Gasteiger partial charge in [0.05, 0.1) is 12.1 Å². The van der Waals surface area contributed by atoms with Crippen LogP contribution in [-0.2, 0) is 11.3 Å². The van der Waals surface area contributed by atoms with Gasteiger partial charge in [-0.15, -0.1) is 0 Å². The first-order chi connectivity index (χ1) is 12.1. The molecule has 0 saturated heterocycles. The standard InChI is InChI=1S/C19H21ClN2O2S/c1-24-17-6-5-13(11-15(17)20)12-22-16-3-2-4-18-14(16)7-9-25(18)10-8-19(21)23/h2-7,9,11,22,25H,8,10,12H2,1H3,(H2,21,23). The second-order valence-electron chi connectivity index (χ2n) is 5.79. The van der Waals surface area contributed by atoms with E-state index >= 15 is 0 Å². The number of amides is 1. The molecule has 0 bridgehead atoms. The minimum atomic E-state index is -0.445. The van der Waals surface area contributed by atoms with E-state index in [1.165, 1.54) is 10.5 Å². The zero-order chi connectivity index (χ0) is 17.8. The molecule has 1 aliphatic heterocycles. The number of fused-ring (bicyclic) bond motifs is 1. The molecular weight excluding hydrogens is 356 g/mol. The van der Waals surface area contributed by atoms with Crippen LogP contribution in [0.5, 0.6) is 5.75 Å². The highest BCUT2D eigenvalue weighted by molar-refractivity contribution is 8.20. The van der Waals surface area contributed by atoms with E-state index in [0.717, 1.165) is 17.0 Å². The minimum absolute atomic E-state index is 0.241. The average molecular weight is 377 g/mol. The predicted octanol–water partition coefficient (Wildman–Crippen LogP) is 4.18. The summed E-state index contributed by atoms with van der Waals surface area (Å²) in [4.78, 5) is 12.3. The lowest BCUT2D eigenvalue weighted by molar-refractivity contribution is -0.117. The highest BCUT2D eigenvalue weighted by Crippen LogP contribution is 2.48. The van der Waals surface area contributed by atoms with E-state index in [1.807, 2.05) is 18.2 Å². The highest BCUT2D eigenvalue weighted by Gasteiger charge is 2.17. The first kappa shape index (κ1) is 17.7. The van der Waals surface area contributed by atoms with Crippen molar-refractivity contribution in [1.29, 1.82) is 0 Å². The number of nitrogens with one attached hydrogen (secondary N) is 1. The van der Waals surface area contributed by atoms with Gasteiger partial charge >= 0.3 is 0 Å². The molecule has 1 aliphatic rings. The smallest absolute Gasteiger partial charge is 0.218 e. The fraction of sp³-hybridized carbons (Fsp3) is 0.211. The van der Waals surface area contributed by atoms with Gasteiger partial charge in [-0.1, -0.05) is 23.7 Å². The Labute approximate surface area is 155 Å². The summed E-state index contributed by atoms with van der Waals surface area (Å²) in [6, 6.07) is 12.0. The summed E-state index contributed by atoms with van der Waals surface area (Å²) in [6.07, 6.45) is 2.57. The summed E-state index contributed by atoms with van der Waals surface area (Å²) >= 11 is 6.19. The van der Waals surface area contributed by atoms with Gasteiger partial charge in [-0.25, -0.2) is 10.9 Å². The Kier molecular flexibility index (Phi) is 5.56. The van der Waals surface area contributed by atoms with Crippen LogP contribution in [-0.4, -0.2) is 18.8 Å². The van der Waals surface area contributed by atoms with E-state index in [-0.39, 0.29) is 5.91 Å². The molecule has 6 heteroatoms. The van der Waals surface area contributed by atoms with Gasteiger partial charge in [0.2, 0.25) is 5.91 Å². The first-order valence-electron chi connectivity index (χ1n) is 8.01. The molecule has 2 aromatic carbocycles. The van der Waals surface area contributed by atoms with Crippen molar-refractivity contribution >= 4 is 40.2 Å². The summed E-state index contributed by atoms with van der Waals surface area (Å²) in [5, 5.41) is 6.29. The Morgan fingerprint density at radius 2 is 2.16 bits per heavy atom. The SMILES string of the molecule is COc1ccc(CNc2cccc3c2C=C[SH]3CCC(N)=O)cc1Cl. The third-order valence-electron chi connectivity index (χ3n) is 4.11. The molecule has 3 rings (SSSR count). The zero-order valence-corrected chi connectivity index (χ0v) is 15.6. The number of primary amides is 1. The van der Waals surface area contributed by atoms with Gasteiger partial charge in [0.15, 0.2) is 0 Å². The fourth-order valence-corrected chi connectivity index (χ4v) is 5.22. The van der Waals surface area contributed by atoms with Crippen LogP contribution in [0.1, 0.15) is 17.5 Å². The highest BCUT2D eigenvalue weighted by atomic mass is 35.5. The number of nitrogens with two attached hydrogens (primary N) is 1. The molecule has 1 heterocycles. The van der Waals surface area contributed by atoms with E-state index in [1.54, 1.807) is 7.11 Å². The van der Waals surface area contributed by atoms with Gasteiger partial charge in [-0.2, -0.15) is 0 Å². The van der Waals surface area contributed by atoms with Gasteiger partial charge in [-0.3, -0.25) is 4.79 Å². The number of carbonyl (C=O) groups is 1. The van der Waals surface area contributed by atoms with E-state index in [0.29, 0.717) is 23.7 Å². The van der Waals surface area contributed by atoms with Crippen LogP contribution in [0.25, 0.3) is 6.08 Å². The molecule has 3 N–H and O–H groups in total. The molecule has 0 spiro atoms. The molecule has 0 fully saturated rings. The number of ether oxygens (including phenoxy) is 1. The van der Waals surface area contributed by atoms with E-state index in [9.17, 15) is 4.79 Å². The third-order valence-corrected chi connectivity index (χ3v) is 6.63. The maximum atomic E-state index is 11.0. The number of carbonyl (C=O) groups excluding carboxylic acids is 1. The molecule has 1 unspecified atom stereocenters. The number of anilines is 1. The van der Waals surface area contributed by atoms with Crippen molar-refractivity contribution < 1.29 is 9.53 Å². The van der Waals surface area contributed by atoms with Gasteiger partial charge < -0.3 is 15.8 Å². The molecule has 0 saturated carbocycles. The summed E-state index contributed by atoms with van der Waals surface area (Å²) in [7, 11) is 1.16. The van der Waals surface area contributed by atoms with E-state index < -0.39 is 10.9 Å². The lowest BCUT2D eigenvalue weighted by atomic mass is 10.1. The maximum Gasteiger partial charge on any atom is 0.218 e. The minimum Gasteiger partial charge on any atom is -0.495 e. The van der Waals surface area contributed by atoms with Gasteiger partial charge in [0.1, 0.15) is 5.75 Å². The van der Waals surface area contributed by atoms with Crippen molar-refractivity contribution in [3.8, 4) is 5.75 Å². The number of methoxy groups -OCH3 is 1. The number of rotatable bonds is 7. The molecule has 0 radical (unpaired) electrons. The first-order valence-corrected chi connectivity index (χ1v) is 9.98. The number of benzene rings is 2. The van der Waals surface area contributed by atoms with Crippen molar-refractivity contribution in [1.82, 2.24) is 0 Å². The van der Waals surface area contributed by atoms with Crippen LogP contribution in [0.15, 0.2) is 46.7 Å². The Hall–Kier alpha value is -2.11. The summed E-state index contributed by atoms with van der Waals surface area (Å²) in [5.41, 5.74) is 8.66. The average Bonchev–Trinajstić information content (AvgIpc) is 3.02. The number of hydrogen-bond acceptors (Lipinski definition) is 3. The summed E-state index contributed by atoms with van der Waals surface area (Å²) < 4.78 is 5.18. The van der Waals surface area contributed by atoms with Crippen molar-refractivity contribution in [2.75, 3.05) is 18.2 Å². The second-order valence-corrected chi connectivity index (χ2v) is 8.36. The van der Waals surface area contributed by atoms with Crippen molar-refractivity contribution in [3.63, 3.8) is 0 Å².